The zero-order valence-corrected chi connectivity index (χ0v) is 11.4. The predicted octanol–water partition coefficient (Wildman–Crippen LogP) is 1.81. The zero-order valence-electron chi connectivity index (χ0n) is 11.4. The van der Waals surface area contributed by atoms with Crippen molar-refractivity contribution in [3.63, 3.8) is 0 Å². The van der Waals surface area contributed by atoms with Crippen LogP contribution in [-0.2, 0) is 0 Å². The summed E-state index contributed by atoms with van der Waals surface area (Å²) in [4.78, 5) is 23.5. The van der Waals surface area contributed by atoms with Crippen molar-refractivity contribution >= 4 is 11.8 Å². The van der Waals surface area contributed by atoms with Crippen LogP contribution in [0, 0.1) is 12.7 Å². The first-order valence-electron chi connectivity index (χ1n) is 6.01. The first-order valence-corrected chi connectivity index (χ1v) is 6.01. The lowest BCUT2D eigenvalue weighted by Gasteiger charge is -2.08. The molecule has 6 nitrogen and oxygen atoms in total. The van der Waals surface area contributed by atoms with Crippen LogP contribution in [0.1, 0.15) is 26.5 Å². The van der Waals surface area contributed by atoms with Crippen LogP contribution >= 0.6 is 0 Å². The second-order valence-corrected chi connectivity index (χ2v) is 4.15. The maximum Gasteiger partial charge on any atom is 0.273 e. The summed E-state index contributed by atoms with van der Waals surface area (Å²) in [5, 5.41) is 0. The van der Waals surface area contributed by atoms with Gasteiger partial charge in [-0.3, -0.25) is 20.4 Å². The highest BCUT2D eigenvalue weighted by Gasteiger charge is 2.14. The second kappa shape index (κ2) is 6.08. The summed E-state index contributed by atoms with van der Waals surface area (Å²) in [6.07, 6.45) is 1.37. The van der Waals surface area contributed by atoms with Crippen molar-refractivity contribution in [3.05, 3.63) is 53.2 Å². The van der Waals surface area contributed by atoms with E-state index in [4.69, 9.17) is 9.15 Å². The van der Waals surface area contributed by atoms with Gasteiger partial charge in [-0.1, -0.05) is 0 Å². The molecule has 0 aliphatic carbocycles. The quantitative estimate of drug-likeness (QED) is 0.845. The topological polar surface area (TPSA) is 80.6 Å². The van der Waals surface area contributed by atoms with Crippen LogP contribution in [0.25, 0.3) is 0 Å². The highest BCUT2D eigenvalue weighted by Crippen LogP contribution is 2.17. The van der Waals surface area contributed by atoms with Crippen LogP contribution in [0.5, 0.6) is 5.75 Å². The molecule has 0 aliphatic heterocycles. The van der Waals surface area contributed by atoms with Crippen LogP contribution in [0.15, 0.2) is 34.9 Å². The third-order valence-corrected chi connectivity index (χ3v) is 2.81. The smallest absolute Gasteiger partial charge is 0.273 e. The molecule has 0 saturated carbocycles. The van der Waals surface area contributed by atoms with E-state index < -0.39 is 17.6 Å². The van der Waals surface area contributed by atoms with Crippen LogP contribution in [0.3, 0.4) is 0 Å². The Hall–Kier alpha value is -2.83. The molecule has 0 saturated heterocycles. The number of aryl methyl sites for hydroxylation is 1. The SMILES string of the molecule is COc1ccc(C(=O)NNC(=O)c2ccoc2C)cc1F. The first-order chi connectivity index (χ1) is 10.0. The molecule has 0 spiro atoms. The maximum atomic E-state index is 13.5. The van der Waals surface area contributed by atoms with E-state index in [0.29, 0.717) is 11.3 Å². The molecular formula is C14H13FN2O4. The van der Waals surface area contributed by atoms with E-state index in [-0.39, 0.29) is 11.3 Å². The Morgan fingerprint density at radius 1 is 1.19 bits per heavy atom. The average molecular weight is 292 g/mol. The van der Waals surface area contributed by atoms with Gasteiger partial charge >= 0.3 is 0 Å². The molecule has 2 aromatic rings. The molecule has 1 aromatic heterocycles. The number of rotatable bonds is 3. The third kappa shape index (κ3) is 3.19. The van der Waals surface area contributed by atoms with Crippen molar-refractivity contribution in [3.8, 4) is 5.75 Å². The highest BCUT2D eigenvalue weighted by molar-refractivity contribution is 5.99. The van der Waals surface area contributed by atoms with E-state index in [1.807, 2.05) is 0 Å². The number of carbonyl (C=O) groups excluding carboxylic acids is 2. The molecule has 110 valence electrons. The van der Waals surface area contributed by atoms with Crippen LogP contribution in [0.4, 0.5) is 4.39 Å². The van der Waals surface area contributed by atoms with Gasteiger partial charge in [0.05, 0.1) is 18.9 Å². The number of nitrogens with one attached hydrogen (secondary N) is 2. The molecule has 0 fully saturated rings. The summed E-state index contributed by atoms with van der Waals surface area (Å²) < 4.78 is 23.2. The van der Waals surface area contributed by atoms with Gasteiger partial charge in [0.25, 0.3) is 11.8 Å². The fraction of sp³-hybridized carbons (Fsp3) is 0.143. The molecule has 2 N–H and O–H groups in total. The lowest BCUT2D eigenvalue weighted by molar-refractivity contribution is 0.0845. The van der Waals surface area contributed by atoms with Gasteiger partial charge in [0.1, 0.15) is 5.76 Å². The lowest BCUT2D eigenvalue weighted by Crippen LogP contribution is -2.41. The Morgan fingerprint density at radius 3 is 2.48 bits per heavy atom. The largest absolute Gasteiger partial charge is 0.494 e. The van der Waals surface area contributed by atoms with Gasteiger partial charge < -0.3 is 9.15 Å². The maximum absolute atomic E-state index is 13.5. The monoisotopic (exact) mass is 292 g/mol. The first kappa shape index (κ1) is 14.6. The highest BCUT2D eigenvalue weighted by atomic mass is 19.1. The van der Waals surface area contributed by atoms with Crippen LogP contribution in [-0.4, -0.2) is 18.9 Å². The van der Waals surface area contributed by atoms with Gasteiger partial charge in [-0.2, -0.15) is 0 Å². The lowest BCUT2D eigenvalue weighted by atomic mass is 10.2. The van der Waals surface area contributed by atoms with Crippen molar-refractivity contribution in [1.29, 1.82) is 0 Å². The van der Waals surface area contributed by atoms with E-state index in [1.54, 1.807) is 6.92 Å². The fourth-order valence-electron chi connectivity index (χ4n) is 1.68. The number of halogens is 1. The number of hydrogen-bond donors (Lipinski definition) is 2. The number of hydrogen-bond acceptors (Lipinski definition) is 4. The second-order valence-electron chi connectivity index (χ2n) is 4.15. The van der Waals surface area contributed by atoms with Gasteiger partial charge in [0.2, 0.25) is 0 Å². The van der Waals surface area contributed by atoms with Crippen molar-refractivity contribution < 1.29 is 23.1 Å². The Labute approximate surface area is 119 Å². The number of carbonyl (C=O) groups is 2. The zero-order chi connectivity index (χ0) is 15.4. The Bertz CT molecular complexity index is 681. The third-order valence-electron chi connectivity index (χ3n) is 2.81. The molecular weight excluding hydrogens is 279 g/mol. The Kier molecular flexibility index (Phi) is 4.22. The molecule has 0 aliphatic rings. The van der Waals surface area contributed by atoms with E-state index in [1.165, 1.54) is 31.6 Å². The van der Waals surface area contributed by atoms with Crippen molar-refractivity contribution in [1.82, 2.24) is 10.9 Å². The minimum atomic E-state index is -0.665. The number of amides is 2. The van der Waals surface area contributed by atoms with Crippen molar-refractivity contribution in [2.75, 3.05) is 7.11 Å². The molecule has 2 amide bonds. The molecule has 7 heteroatoms. The predicted molar refractivity (Wildman–Crippen MR) is 71.3 cm³/mol. The van der Waals surface area contributed by atoms with Gasteiger partial charge in [0.15, 0.2) is 11.6 Å². The molecule has 0 atom stereocenters. The molecule has 2 rings (SSSR count). The van der Waals surface area contributed by atoms with Gasteiger partial charge in [-0.05, 0) is 31.2 Å². The number of ether oxygens (including phenoxy) is 1. The molecule has 21 heavy (non-hydrogen) atoms. The summed E-state index contributed by atoms with van der Waals surface area (Å²) in [6.45, 7) is 1.62. The molecule has 0 radical (unpaired) electrons. The number of furan rings is 1. The van der Waals surface area contributed by atoms with Crippen LogP contribution < -0.4 is 15.6 Å². The molecule has 0 bridgehead atoms. The number of methoxy groups -OCH3 is 1. The summed E-state index contributed by atoms with van der Waals surface area (Å²) in [6, 6.07) is 5.20. The van der Waals surface area contributed by atoms with Gasteiger partial charge in [0, 0.05) is 5.56 Å². The van der Waals surface area contributed by atoms with Crippen molar-refractivity contribution in [2.24, 2.45) is 0 Å². The summed E-state index contributed by atoms with van der Waals surface area (Å²) >= 11 is 0. The fourth-order valence-corrected chi connectivity index (χ4v) is 1.68. The van der Waals surface area contributed by atoms with Crippen molar-refractivity contribution in [2.45, 2.75) is 6.92 Å². The van der Waals surface area contributed by atoms with E-state index in [9.17, 15) is 14.0 Å². The van der Waals surface area contributed by atoms with E-state index in [2.05, 4.69) is 10.9 Å². The molecule has 1 heterocycles. The van der Waals surface area contributed by atoms with Crippen LogP contribution in [0.2, 0.25) is 0 Å². The minimum absolute atomic E-state index is 0.0320. The van der Waals surface area contributed by atoms with Gasteiger partial charge in [-0.25, -0.2) is 4.39 Å². The van der Waals surface area contributed by atoms with E-state index >= 15 is 0 Å². The number of hydrazine groups is 1. The number of benzene rings is 1. The minimum Gasteiger partial charge on any atom is -0.494 e. The summed E-state index contributed by atoms with van der Waals surface area (Å²) in [5.41, 5.74) is 4.77. The normalized spacial score (nSPS) is 10.0. The average Bonchev–Trinajstić information content (AvgIpc) is 2.90. The van der Waals surface area contributed by atoms with E-state index in [0.717, 1.165) is 6.07 Å². The summed E-state index contributed by atoms with van der Waals surface area (Å²) in [7, 11) is 1.33. The Morgan fingerprint density at radius 2 is 1.90 bits per heavy atom. The summed E-state index contributed by atoms with van der Waals surface area (Å²) in [5.74, 6) is -1.38. The molecule has 0 unspecified atom stereocenters. The standard InChI is InChI=1S/C14H13FN2O4/c1-8-10(5-6-21-8)14(19)17-16-13(18)9-3-4-12(20-2)11(15)7-9/h3-7H,1-2H3,(H,16,18)(H,17,19). The van der Waals surface area contributed by atoms with Gasteiger partial charge in [-0.15, -0.1) is 0 Å². The Balaban J connectivity index is 2.00. The molecule has 1 aromatic carbocycles.